The average molecular weight is 320 g/mol. The summed E-state index contributed by atoms with van der Waals surface area (Å²) in [6.45, 7) is 1.63. The van der Waals surface area contributed by atoms with Gasteiger partial charge in [-0.3, -0.25) is 4.68 Å². The lowest BCUT2D eigenvalue weighted by Gasteiger charge is -2.10. The lowest BCUT2D eigenvalue weighted by atomic mass is 10.4. The van der Waals surface area contributed by atoms with E-state index in [0.717, 1.165) is 13.4 Å². The zero-order valence-electron chi connectivity index (χ0n) is 11.1. The largest absolute Gasteiger partial charge is 0.434 e. The molecule has 0 unspecified atom stereocenters. The number of hydrogen-bond acceptors (Lipinski definition) is 5. The minimum atomic E-state index is -4.81. The standard InChI is InChI=1S/C11H11F3N4O2S/c1-7-3-8(16-6-15-7)5-21(19,20)9-4-17-18(2)10(9)11(12,13)14/h3-4,6H,5H2,1-2H3. The Morgan fingerprint density at radius 3 is 2.52 bits per heavy atom. The Labute approximate surface area is 118 Å². The summed E-state index contributed by atoms with van der Waals surface area (Å²) >= 11 is 0. The molecule has 0 atom stereocenters. The smallest absolute Gasteiger partial charge is 0.262 e. The Hall–Kier alpha value is -1.97. The third-order valence-electron chi connectivity index (χ3n) is 2.71. The van der Waals surface area contributed by atoms with E-state index in [9.17, 15) is 21.6 Å². The first-order chi connectivity index (χ1) is 9.61. The molecule has 2 rings (SSSR count). The van der Waals surface area contributed by atoms with E-state index in [1.165, 1.54) is 6.07 Å². The summed E-state index contributed by atoms with van der Waals surface area (Å²) in [5.74, 6) is -0.648. The molecule has 0 fully saturated rings. The summed E-state index contributed by atoms with van der Waals surface area (Å²) in [6, 6.07) is 1.40. The Morgan fingerprint density at radius 2 is 1.95 bits per heavy atom. The van der Waals surface area contributed by atoms with Crippen molar-refractivity contribution in [3.05, 3.63) is 35.7 Å². The molecule has 0 aliphatic rings. The van der Waals surface area contributed by atoms with Crippen molar-refractivity contribution >= 4 is 9.84 Å². The lowest BCUT2D eigenvalue weighted by molar-refractivity contribution is -0.146. The predicted molar refractivity (Wildman–Crippen MR) is 65.9 cm³/mol. The van der Waals surface area contributed by atoms with E-state index in [0.29, 0.717) is 16.6 Å². The summed E-state index contributed by atoms with van der Waals surface area (Å²) in [4.78, 5) is 6.70. The van der Waals surface area contributed by atoms with Crippen molar-refractivity contribution in [2.75, 3.05) is 0 Å². The van der Waals surface area contributed by atoms with E-state index in [2.05, 4.69) is 15.1 Å². The van der Waals surface area contributed by atoms with E-state index < -0.39 is 32.4 Å². The number of hydrogen-bond donors (Lipinski definition) is 0. The quantitative estimate of drug-likeness (QED) is 0.856. The molecule has 2 heterocycles. The molecule has 0 spiro atoms. The van der Waals surface area contributed by atoms with E-state index in [4.69, 9.17) is 0 Å². The predicted octanol–water partition coefficient (Wildman–Crippen LogP) is 1.51. The number of rotatable bonds is 3. The van der Waals surface area contributed by atoms with Gasteiger partial charge in [-0.1, -0.05) is 0 Å². The Balaban J connectivity index is 2.46. The topological polar surface area (TPSA) is 77.7 Å². The van der Waals surface area contributed by atoms with Crippen LogP contribution in [0.1, 0.15) is 17.1 Å². The summed E-state index contributed by atoms with van der Waals surface area (Å²) < 4.78 is 63.6. The second kappa shape index (κ2) is 5.10. The van der Waals surface area contributed by atoms with Crippen LogP contribution in [0.4, 0.5) is 13.2 Å². The van der Waals surface area contributed by atoms with Crippen LogP contribution in [0.2, 0.25) is 0 Å². The van der Waals surface area contributed by atoms with Gasteiger partial charge >= 0.3 is 6.18 Å². The highest BCUT2D eigenvalue weighted by atomic mass is 32.2. The minimum Gasteiger partial charge on any atom is -0.262 e. The molecule has 2 aromatic rings. The minimum absolute atomic E-state index is 0.125. The van der Waals surface area contributed by atoms with Gasteiger partial charge < -0.3 is 0 Å². The van der Waals surface area contributed by atoms with Gasteiger partial charge in [-0.2, -0.15) is 18.3 Å². The van der Waals surface area contributed by atoms with Crippen molar-refractivity contribution in [3.8, 4) is 0 Å². The van der Waals surface area contributed by atoms with E-state index in [-0.39, 0.29) is 5.69 Å². The van der Waals surface area contributed by atoms with Gasteiger partial charge in [0.25, 0.3) is 0 Å². The molecular formula is C11H11F3N4O2S. The molecule has 0 aliphatic carbocycles. The van der Waals surface area contributed by atoms with Crippen LogP contribution in [0, 0.1) is 6.92 Å². The molecule has 0 N–H and O–H groups in total. The highest BCUT2D eigenvalue weighted by Gasteiger charge is 2.41. The number of aromatic nitrogens is 4. The third-order valence-corrected chi connectivity index (χ3v) is 4.35. The number of sulfone groups is 1. The van der Waals surface area contributed by atoms with E-state index in [1.54, 1.807) is 6.92 Å². The molecule has 114 valence electrons. The van der Waals surface area contributed by atoms with Crippen LogP contribution < -0.4 is 0 Å². The van der Waals surface area contributed by atoms with Gasteiger partial charge in [-0.15, -0.1) is 0 Å². The summed E-state index contributed by atoms with van der Waals surface area (Å²) in [5.41, 5.74) is -0.648. The molecule has 10 heteroatoms. The van der Waals surface area contributed by atoms with Crippen LogP contribution in [0.3, 0.4) is 0 Å². The Kier molecular flexibility index (Phi) is 3.74. The summed E-state index contributed by atoms with van der Waals surface area (Å²) in [5, 5.41) is 3.39. The SMILES string of the molecule is Cc1cc(CS(=O)(=O)c2cnn(C)c2C(F)(F)F)ncn1. The van der Waals surface area contributed by atoms with Crippen molar-refractivity contribution in [1.29, 1.82) is 0 Å². The van der Waals surface area contributed by atoms with Gasteiger partial charge in [-0.25, -0.2) is 18.4 Å². The molecule has 0 saturated heterocycles. The summed E-state index contributed by atoms with van der Waals surface area (Å²) in [6.07, 6.45) is -2.95. The van der Waals surface area contributed by atoms with Crippen molar-refractivity contribution in [1.82, 2.24) is 19.7 Å². The maximum Gasteiger partial charge on any atom is 0.434 e. The Bertz CT molecular complexity index is 768. The molecule has 0 amide bonds. The number of alkyl halides is 3. The third kappa shape index (κ3) is 3.20. The van der Waals surface area contributed by atoms with Crippen LogP contribution in [-0.2, 0) is 28.8 Å². The molecule has 6 nitrogen and oxygen atoms in total. The van der Waals surface area contributed by atoms with Gasteiger partial charge in [0.05, 0.1) is 17.6 Å². The van der Waals surface area contributed by atoms with Crippen molar-refractivity contribution in [2.45, 2.75) is 23.7 Å². The maximum atomic E-state index is 12.9. The fraction of sp³-hybridized carbons (Fsp3) is 0.364. The molecule has 0 aliphatic heterocycles. The van der Waals surface area contributed by atoms with Gasteiger partial charge in [0, 0.05) is 12.7 Å². The van der Waals surface area contributed by atoms with Crippen LogP contribution in [0.15, 0.2) is 23.5 Å². The monoisotopic (exact) mass is 320 g/mol. The van der Waals surface area contributed by atoms with Gasteiger partial charge in [0.2, 0.25) is 0 Å². The second-order valence-electron chi connectivity index (χ2n) is 4.39. The summed E-state index contributed by atoms with van der Waals surface area (Å²) in [7, 11) is -3.18. The fourth-order valence-electron chi connectivity index (χ4n) is 1.83. The number of aryl methyl sites for hydroxylation is 2. The lowest BCUT2D eigenvalue weighted by Crippen LogP contribution is -2.17. The first-order valence-electron chi connectivity index (χ1n) is 5.71. The highest BCUT2D eigenvalue weighted by Crippen LogP contribution is 2.34. The average Bonchev–Trinajstić information content (AvgIpc) is 2.71. The van der Waals surface area contributed by atoms with Gasteiger partial charge in [-0.05, 0) is 13.0 Å². The van der Waals surface area contributed by atoms with Crippen LogP contribution >= 0.6 is 0 Å². The first kappa shape index (κ1) is 15.4. The first-order valence-corrected chi connectivity index (χ1v) is 7.36. The molecule has 0 aromatic carbocycles. The highest BCUT2D eigenvalue weighted by molar-refractivity contribution is 7.90. The van der Waals surface area contributed by atoms with E-state index >= 15 is 0 Å². The van der Waals surface area contributed by atoms with Crippen LogP contribution in [0.25, 0.3) is 0 Å². The van der Waals surface area contributed by atoms with Crippen LogP contribution in [-0.4, -0.2) is 28.2 Å². The molecule has 0 saturated carbocycles. The molecule has 0 bridgehead atoms. The van der Waals surface area contributed by atoms with Crippen molar-refractivity contribution in [2.24, 2.45) is 7.05 Å². The zero-order valence-corrected chi connectivity index (χ0v) is 11.9. The van der Waals surface area contributed by atoms with Gasteiger partial charge in [0.1, 0.15) is 11.2 Å². The normalized spacial score (nSPS) is 12.6. The van der Waals surface area contributed by atoms with Crippen LogP contribution in [0.5, 0.6) is 0 Å². The fourth-order valence-corrected chi connectivity index (χ4v) is 3.28. The number of halogens is 3. The van der Waals surface area contributed by atoms with Gasteiger partial charge in [0.15, 0.2) is 15.5 Å². The molecule has 21 heavy (non-hydrogen) atoms. The number of nitrogens with zero attached hydrogens (tertiary/aromatic N) is 4. The van der Waals surface area contributed by atoms with E-state index in [1.807, 2.05) is 0 Å². The molecule has 0 radical (unpaired) electrons. The Morgan fingerprint density at radius 1 is 1.29 bits per heavy atom. The van der Waals surface area contributed by atoms with Crippen molar-refractivity contribution < 1.29 is 21.6 Å². The maximum absolute atomic E-state index is 12.9. The second-order valence-corrected chi connectivity index (χ2v) is 6.35. The van der Waals surface area contributed by atoms with Crippen molar-refractivity contribution in [3.63, 3.8) is 0 Å². The zero-order chi connectivity index (χ0) is 15.8. The molecular weight excluding hydrogens is 309 g/mol. The molecule has 2 aromatic heterocycles.